The Bertz CT molecular complexity index is 2930. The maximum absolute atomic E-state index is 7.23. The second kappa shape index (κ2) is 23.3. The van der Waals surface area contributed by atoms with Crippen molar-refractivity contribution in [3.8, 4) is 55.6 Å². The van der Waals surface area contributed by atoms with Crippen LogP contribution in [0.25, 0.3) is 55.6 Å². The van der Waals surface area contributed by atoms with Gasteiger partial charge in [0.25, 0.3) is 0 Å². The summed E-state index contributed by atoms with van der Waals surface area (Å²) < 4.78 is 0. The molecule has 0 aliphatic rings. The summed E-state index contributed by atoms with van der Waals surface area (Å²) in [4.78, 5) is 43.4. The van der Waals surface area contributed by atoms with Crippen molar-refractivity contribution in [2.24, 2.45) is 0 Å². The van der Waals surface area contributed by atoms with E-state index in [0.717, 1.165) is 0 Å². The SMILES string of the molecule is CC(C)(C)c1ccc(-c2cc(-c3ccc(C(C)(C)C)cc3C(C)(C)C)c(-c3ccc(C(C)(C)C)cc3C(C)(C)C)c(-c3ccc(C(C)(C)C)cc3C(C)(C)C)c2-c2ccccc2)c(C(C)(C)C)c1.OP(O)O.OP(O)O. The Morgan fingerprint density at radius 3 is 0.737 bits per heavy atom. The van der Waals surface area contributed by atoms with Crippen molar-refractivity contribution in [1.82, 2.24) is 0 Å². The predicted molar refractivity (Wildman–Crippen MR) is 330 cm³/mol. The van der Waals surface area contributed by atoms with Crippen molar-refractivity contribution in [1.29, 1.82) is 0 Å². The third-order valence-corrected chi connectivity index (χ3v) is 14.3. The summed E-state index contributed by atoms with van der Waals surface area (Å²) in [7, 11) is -5.24. The maximum atomic E-state index is 7.23. The smallest absolute Gasteiger partial charge is 0.324 e. The largest absolute Gasteiger partial charge is 0.328 e. The summed E-state index contributed by atoms with van der Waals surface area (Å²) in [6.45, 7) is 57.1. The number of hydrogen-bond acceptors (Lipinski definition) is 6. The van der Waals surface area contributed by atoms with Gasteiger partial charge in [-0.2, -0.15) is 0 Å². The van der Waals surface area contributed by atoms with Gasteiger partial charge in [0.2, 0.25) is 0 Å². The lowest BCUT2D eigenvalue weighted by Gasteiger charge is -2.35. The highest BCUT2D eigenvalue weighted by Gasteiger charge is 2.35. The van der Waals surface area contributed by atoms with E-state index in [2.05, 4.69) is 275 Å². The van der Waals surface area contributed by atoms with Crippen molar-refractivity contribution in [3.63, 3.8) is 0 Å². The molecule has 0 unspecified atom stereocenters. The van der Waals surface area contributed by atoms with Crippen LogP contribution in [0.3, 0.4) is 0 Å². The quantitative estimate of drug-likeness (QED) is 0.0957. The molecule has 6 aromatic carbocycles. The van der Waals surface area contributed by atoms with E-state index in [4.69, 9.17) is 29.4 Å². The van der Waals surface area contributed by atoms with Crippen LogP contribution < -0.4 is 0 Å². The second-order valence-electron chi connectivity index (χ2n) is 29.0. The molecule has 6 rings (SSSR count). The highest BCUT2D eigenvalue weighted by atomic mass is 31.2. The first kappa shape index (κ1) is 64.5. The predicted octanol–water partition coefficient (Wildman–Crippen LogP) is 18.8. The molecule has 0 amide bonds. The Morgan fingerprint density at radius 2 is 0.474 bits per heavy atom. The maximum Gasteiger partial charge on any atom is 0.324 e. The molecule has 6 aromatic rings. The molecule has 0 spiro atoms. The van der Waals surface area contributed by atoms with Gasteiger partial charge in [0.15, 0.2) is 0 Å². The highest BCUT2D eigenvalue weighted by molar-refractivity contribution is 7.38. The third-order valence-electron chi connectivity index (χ3n) is 14.3. The monoisotopic (exact) mass is 1070 g/mol. The molecule has 6 nitrogen and oxygen atoms in total. The summed E-state index contributed by atoms with van der Waals surface area (Å²) in [6.07, 6.45) is 0. The molecule has 0 aliphatic heterocycles. The third kappa shape index (κ3) is 16.0. The average Bonchev–Trinajstić information content (AvgIpc) is 3.25. The highest BCUT2D eigenvalue weighted by Crippen LogP contribution is 2.56. The standard InChI is InChI=1S/C68H90.2H3O3P/c1-61(2,3)44-30-34-48(54(38-44)65(13,14)15)52-42-53(49-35-31-45(62(4,5)6)39-55(49)66(16,17)18)59(50-36-32-46(63(7,8)9)40-56(50)67(19,20)21)60(58(52)43-28-26-25-27-29-43)51-37-33-47(64(10,11)12)41-57(51)68(22,23)24;2*1-4(2)3/h25-42H,1-24H3;2*1-3H. The van der Waals surface area contributed by atoms with Crippen LogP contribution in [0.2, 0.25) is 0 Å². The van der Waals surface area contributed by atoms with E-state index in [1.807, 2.05) is 0 Å². The topological polar surface area (TPSA) is 121 Å². The molecule has 0 aliphatic carbocycles. The van der Waals surface area contributed by atoms with Gasteiger partial charge in [0.05, 0.1) is 0 Å². The first-order valence-corrected chi connectivity index (χ1v) is 29.3. The van der Waals surface area contributed by atoms with Crippen molar-refractivity contribution < 1.29 is 29.4 Å². The van der Waals surface area contributed by atoms with Gasteiger partial charge >= 0.3 is 17.2 Å². The van der Waals surface area contributed by atoms with Crippen LogP contribution >= 0.6 is 17.2 Å². The first-order chi connectivity index (χ1) is 34.3. The molecule has 0 bridgehead atoms. The molecule has 0 saturated heterocycles. The summed E-state index contributed by atoms with van der Waals surface area (Å²) in [5.74, 6) is 0. The molecule has 0 saturated carbocycles. The van der Waals surface area contributed by atoms with Crippen molar-refractivity contribution in [2.75, 3.05) is 0 Å². The zero-order chi connectivity index (χ0) is 58.3. The molecule has 0 fully saturated rings. The fourth-order valence-electron chi connectivity index (χ4n) is 9.99. The summed E-state index contributed by atoms with van der Waals surface area (Å²) >= 11 is 0. The zero-order valence-electron chi connectivity index (χ0n) is 51.0. The molecule has 0 aromatic heterocycles. The Labute approximate surface area is 463 Å². The molecule has 0 heterocycles. The molecule has 0 atom stereocenters. The van der Waals surface area contributed by atoms with Gasteiger partial charge in [0.1, 0.15) is 0 Å². The zero-order valence-corrected chi connectivity index (χ0v) is 52.8. The lowest BCUT2D eigenvalue weighted by Crippen LogP contribution is -2.20. The van der Waals surface area contributed by atoms with Crippen LogP contribution in [0.1, 0.15) is 211 Å². The molecule has 0 radical (unpaired) electrons. The number of rotatable bonds is 5. The van der Waals surface area contributed by atoms with E-state index in [9.17, 15) is 0 Å². The van der Waals surface area contributed by atoms with Crippen LogP contribution in [0.4, 0.5) is 0 Å². The molecule has 414 valence electrons. The number of benzene rings is 6. The fourth-order valence-corrected chi connectivity index (χ4v) is 9.99. The molecule has 8 heteroatoms. The second-order valence-corrected chi connectivity index (χ2v) is 30.1. The Morgan fingerprint density at radius 1 is 0.237 bits per heavy atom. The lowest BCUT2D eigenvalue weighted by molar-refractivity contribution is 0.366. The minimum absolute atomic E-state index is 0.00361. The lowest BCUT2D eigenvalue weighted by atomic mass is 9.69. The van der Waals surface area contributed by atoms with E-state index < -0.39 is 17.2 Å². The average molecular weight is 1070 g/mol. The Kier molecular flexibility index (Phi) is 19.8. The van der Waals surface area contributed by atoms with Gasteiger partial charge in [-0.15, -0.1) is 0 Å². The molecule has 6 N–H and O–H groups in total. The van der Waals surface area contributed by atoms with E-state index in [1.165, 1.54) is 100 Å². The molecule has 76 heavy (non-hydrogen) atoms. The van der Waals surface area contributed by atoms with Gasteiger partial charge in [0, 0.05) is 0 Å². The van der Waals surface area contributed by atoms with Crippen LogP contribution in [0, 0.1) is 0 Å². The fraction of sp³-hybridized carbons (Fsp3) is 0.471. The normalized spacial score (nSPS) is 13.1. The van der Waals surface area contributed by atoms with Gasteiger partial charge in [-0.1, -0.05) is 269 Å². The molecular weight excluding hydrogens is 975 g/mol. The van der Waals surface area contributed by atoms with Crippen LogP contribution in [0.5, 0.6) is 0 Å². The van der Waals surface area contributed by atoms with Crippen LogP contribution in [-0.4, -0.2) is 29.4 Å². The van der Waals surface area contributed by atoms with Gasteiger partial charge in [-0.3, -0.25) is 0 Å². The van der Waals surface area contributed by atoms with Gasteiger partial charge in [-0.25, -0.2) is 0 Å². The summed E-state index contributed by atoms with van der Waals surface area (Å²) in [6, 6.07) is 43.8. The minimum Gasteiger partial charge on any atom is -0.328 e. The van der Waals surface area contributed by atoms with Gasteiger partial charge in [-0.05, 0) is 150 Å². The van der Waals surface area contributed by atoms with E-state index >= 15 is 0 Å². The minimum atomic E-state index is -2.62. The van der Waals surface area contributed by atoms with Crippen molar-refractivity contribution in [3.05, 3.63) is 154 Å². The Balaban J connectivity index is 0.00000145. The Hall–Kier alpha value is -4.06. The summed E-state index contributed by atoms with van der Waals surface area (Å²) in [5, 5.41) is 0. The summed E-state index contributed by atoms with van der Waals surface area (Å²) in [5.41, 5.74) is 23.1. The van der Waals surface area contributed by atoms with Crippen molar-refractivity contribution >= 4 is 17.2 Å². The van der Waals surface area contributed by atoms with E-state index in [1.54, 1.807) is 0 Å². The first-order valence-electron chi connectivity index (χ1n) is 26.9. The van der Waals surface area contributed by atoms with Crippen LogP contribution in [-0.2, 0) is 43.3 Å². The van der Waals surface area contributed by atoms with E-state index in [0.29, 0.717) is 0 Å². The molecular formula is C68H96O6P2. The van der Waals surface area contributed by atoms with Gasteiger partial charge < -0.3 is 29.4 Å². The van der Waals surface area contributed by atoms with Crippen molar-refractivity contribution in [2.45, 2.75) is 209 Å². The number of hydrogen-bond donors (Lipinski definition) is 6. The van der Waals surface area contributed by atoms with Crippen LogP contribution in [0.15, 0.2) is 109 Å². The van der Waals surface area contributed by atoms with E-state index in [-0.39, 0.29) is 43.3 Å².